The Balaban J connectivity index is 1.78. The number of aromatic hydroxyl groups is 1. The Labute approximate surface area is 255 Å². The minimum atomic E-state index is -1.61. The van der Waals surface area contributed by atoms with Crippen molar-refractivity contribution in [2.45, 2.75) is 43.1 Å². The van der Waals surface area contributed by atoms with E-state index in [4.69, 9.17) is 9.47 Å². The standard InChI is InChI=1S/C21H21I4NO9/c22-9-4-8(5-10(23)15(9)28)34-19-11(24)1-7(2-12(19)25)3-13(21(32)33)26-20-18(31)17(30)16(29)14(6-27)35-20/h1-2,4-5,13-14,16-18,20,26-31H,3,6H2,(H,32,33)/t13?,14-,16-,17+,18-,20-/m1/s1. The van der Waals surface area contributed by atoms with Crippen LogP contribution in [-0.2, 0) is 16.0 Å². The molecule has 0 aromatic heterocycles. The number of phenolic OH excluding ortho intramolecular Hbond substituents is 1. The highest BCUT2D eigenvalue weighted by molar-refractivity contribution is 14.1. The summed E-state index contributed by atoms with van der Waals surface area (Å²) in [6.07, 6.45) is -7.19. The lowest BCUT2D eigenvalue weighted by Crippen LogP contribution is -2.64. The molecular weight excluding hydrogens is 918 g/mol. The fourth-order valence-electron chi connectivity index (χ4n) is 3.44. The summed E-state index contributed by atoms with van der Waals surface area (Å²) < 4.78 is 14.2. The maximum Gasteiger partial charge on any atom is 0.321 e. The molecule has 1 fully saturated rings. The molecule has 7 N–H and O–H groups in total. The minimum absolute atomic E-state index is 0.0195. The Bertz CT molecular complexity index is 1040. The first-order valence-electron chi connectivity index (χ1n) is 10.1. The molecule has 10 nitrogen and oxygen atoms in total. The second kappa shape index (κ2) is 12.8. The van der Waals surface area contributed by atoms with Crippen LogP contribution < -0.4 is 10.1 Å². The van der Waals surface area contributed by atoms with Gasteiger partial charge >= 0.3 is 5.97 Å². The van der Waals surface area contributed by atoms with Gasteiger partial charge in [-0.25, -0.2) is 0 Å². The quantitative estimate of drug-likeness (QED) is 0.195. The van der Waals surface area contributed by atoms with Gasteiger partial charge in [0.25, 0.3) is 0 Å². The van der Waals surface area contributed by atoms with Crippen molar-refractivity contribution in [3.8, 4) is 17.2 Å². The van der Waals surface area contributed by atoms with E-state index in [1.54, 1.807) is 24.3 Å². The lowest BCUT2D eigenvalue weighted by Gasteiger charge is -2.41. The summed E-state index contributed by atoms with van der Waals surface area (Å²) in [5.74, 6) is 0.110. The first-order chi connectivity index (χ1) is 16.4. The van der Waals surface area contributed by atoms with E-state index in [0.717, 1.165) is 7.14 Å². The number of nitrogens with one attached hydrogen (secondary N) is 1. The van der Waals surface area contributed by atoms with Crippen LogP contribution in [0, 0.1) is 14.3 Å². The molecule has 2 aromatic rings. The van der Waals surface area contributed by atoms with Gasteiger partial charge in [0.2, 0.25) is 0 Å². The number of aliphatic hydroxyl groups is 4. The van der Waals surface area contributed by atoms with E-state index >= 15 is 0 Å². The van der Waals surface area contributed by atoms with Crippen LogP contribution in [0.25, 0.3) is 0 Å². The van der Waals surface area contributed by atoms with Gasteiger partial charge in [0.15, 0.2) is 5.75 Å². The number of carbonyl (C=O) groups is 1. The Kier molecular flexibility index (Phi) is 10.9. The Hall–Kier alpha value is 0.190. The van der Waals surface area contributed by atoms with Crippen molar-refractivity contribution in [1.82, 2.24) is 5.32 Å². The van der Waals surface area contributed by atoms with Crippen molar-refractivity contribution >= 4 is 96.3 Å². The second-order valence-electron chi connectivity index (χ2n) is 7.74. The molecule has 2 aromatic carbocycles. The van der Waals surface area contributed by atoms with Crippen molar-refractivity contribution in [2.24, 2.45) is 0 Å². The maximum absolute atomic E-state index is 11.9. The number of halogens is 4. The summed E-state index contributed by atoms with van der Waals surface area (Å²) in [5.41, 5.74) is 0.672. The van der Waals surface area contributed by atoms with Crippen molar-refractivity contribution in [3.63, 3.8) is 0 Å². The highest BCUT2D eigenvalue weighted by Gasteiger charge is 2.44. The molecule has 0 spiro atoms. The molecule has 1 aliphatic heterocycles. The number of aliphatic carboxylic acids is 1. The molecular formula is C21H21I4NO9. The zero-order valence-electron chi connectivity index (χ0n) is 17.6. The van der Waals surface area contributed by atoms with Crippen LogP contribution >= 0.6 is 90.4 Å². The fourth-order valence-corrected chi connectivity index (χ4v) is 7.27. The van der Waals surface area contributed by atoms with Crippen molar-refractivity contribution in [3.05, 3.63) is 44.1 Å². The van der Waals surface area contributed by atoms with E-state index in [1.165, 1.54) is 0 Å². The number of rotatable bonds is 8. The van der Waals surface area contributed by atoms with E-state index in [2.05, 4.69) is 50.5 Å². The van der Waals surface area contributed by atoms with Gasteiger partial charge in [0.05, 0.1) is 20.9 Å². The molecule has 1 saturated heterocycles. The monoisotopic (exact) mass is 939 g/mol. The van der Waals surface area contributed by atoms with E-state index in [1.807, 2.05) is 45.2 Å². The predicted molar refractivity (Wildman–Crippen MR) is 158 cm³/mol. The van der Waals surface area contributed by atoms with Crippen LogP contribution in [0.15, 0.2) is 24.3 Å². The van der Waals surface area contributed by atoms with Gasteiger partial charge in [0, 0.05) is 0 Å². The molecule has 0 amide bonds. The molecule has 1 heterocycles. The molecule has 0 saturated carbocycles. The smallest absolute Gasteiger partial charge is 0.321 e. The van der Waals surface area contributed by atoms with Crippen LogP contribution in [-0.4, -0.2) is 79.9 Å². The number of phenols is 1. The molecule has 1 aliphatic rings. The number of ether oxygens (including phenoxy) is 2. The third kappa shape index (κ3) is 7.19. The van der Waals surface area contributed by atoms with E-state index < -0.39 is 49.3 Å². The van der Waals surface area contributed by atoms with Crippen molar-refractivity contribution in [2.75, 3.05) is 6.61 Å². The lowest BCUT2D eigenvalue weighted by molar-refractivity contribution is -0.238. The summed E-state index contributed by atoms with van der Waals surface area (Å²) in [6, 6.07) is 5.78. The third-order valence-electron chi connectivity index (χ3n) is 5.26. The zero-order chi connectivity index (χ0) is 26.0. The van der Waals surface area contributed by atoms with Gasteiger partial charge in [-0.1, -0.05) is 0 Å². The fraction of sp³-hybridized carbons (Fsp3) is 0.381. The van der Waals surface area contributed by atoms with Gasteiger partial charge in [-0.15, -0.1) is 0 Å². The highest BCUT2D eigenvalue weighted by Crippen LogP contribution is 2.37. The van der Waals surface area contributed by atoms with Gasteiger partial charge < -0.3 is 40.1 Å². The Morgan fingerprint density at radius 1 is 0.971 bits per heavy atom. The number of aliphatic hydroxyl groups excluding tert-OH is 4. The molecule has 0 aliphatic carbocycles. The van der Waals surface area contributed by atoms with Crippen molar-refractivity contribution < 1.29 is 44.9 Å². The molecule has 14 heteroatoms. The number of hydrogen-bond donors (Lipinski definition) is 7. The average molecular weight is 939 g/mol. The Morgan fingerprint density at radius 2 is 1.54 bits per heavy atom. The second-order valence-corrected chi connectivity index (χ2v) is 12.4. The summed E-state index contributed by atoms with van der Waals surface area (Å²) >= 11 is 8.22. The molecule has 35 heavy (non-hydrogen) atoms. The van der Waals surface area contributed by atoms with Crippen LogP contribution in [0.3, 0.4) is 0 Å². The predicted octanol–water partition coefficient (Wildman–Crippen LogP) is 1.99. The number of carboxylic acids is 1. The van der Waals surface area contributed by atoms with Gasteiger partial charge in [-0.3, -0.25) is 10.1 Å². The van der Waals surface area contributed by atoms with Crippen LogP contribution in [0.4, 0.5) is 0 Å². The van der Waals surface area contributed by atoms with E-state index in [0.29, 0.717) is 24.2 Å². The van der Waals surface area contributed by atoms with Gasteiger partial charge in [-0.05, 0) is 127 Å². The first kappa shape index (κ1) is 29.7. The summed E-state index contributed by atoms with van der Waals surface area (Å²) in [6.45, 7) is -0.613. The van der Waals surface area contributed by atoms with Crippen LogP contribution in [0.1, 0.15) is 5.56 Å². The van der Waals surface area contributed by atoms with Crippen molar-refractivity contribution in [1.29, 1.82) is 0 Å². The molecule has 0 radical (unpaired) electrons. The van der Waals surface area contributed by atoms with Gasteiger partial charge in [0.1, 0.15) is 48.2 Å². The van der Waals surface area contributed by atoms with E-state index in [-0.39, 0.29) is 12.2 Å². The summed E-state index contributed by atoms with van der Waals surface area (Å²) in [7, 11) is 0. The number of benzene rings is 2. The highest BCUT2D eigenvalue weighted by atomic mass is 127. The molecule has 192 valence electrons. The lowest BCUT2D eigenvalue weighted by atomic mass is 9.97. The minimum Gasteiger partial charge on any atom is -0.506 e. The molecule has 0 bridgehead atoms. The number of carboxylic acid groups (broad SMARTS) is 1. The SMILES string of the molecule is O=C(O)C(Cc1cc(I)c(Oc2cc(I)c(O)c(I)c2)c(I)c1)N[C@@H]1O[C@H](CO)[C@@H](O)[C@H](O)[C@H]1O. The molecule has 6 atom stereocenters. The first-order valence-corrected chi connectivity index (χ1v) is 14.4. The zero-order valence-corrected chi connectivity index (χ0v) is 26.2. The largest absolute Gasteiger partial charge is 0.506 e. The van der Waals surface area contributed by atoms with Gasteiger partial charge in [-0.2, -0.15) is 0 Å². The normalized spacial score (nSPS) is 25.3. The van der Waals surface area contributed by atoms with Crippen LogP contribution in [0.2, 0.25) is 0 Å². The molecule has 3 rings (SSSR count). The summed E-state index contributed by atoms with van der Waals surface area (Å²) in [5, 5.41) is 61.9. The topological polar surface area (TPSA) is 169 Å². The van der Waals surface area contributed by atoms with E-state index in [9.17, 15) is 35.4 Å². The average Bonchev–Trinajstić information content (AvgIpc) is 2.79. The number of hydrogen-bond acceptors (Lipinski definition) is 9. The Morgan fingerprint density at radius 3 is 2.06 bits per heavy atom. The maximum atomic E-state index is 11.9. The van der Waals surface area contributed by atoms with Crippen LogP contribution in [0.5, 0.6) is 17.2 Å². The molecule has 1 unspecified atom stereocenters. The summed E-state index contributed by atoms with van der Waals surface area (Å²) in [4.78, 5) is 11.9. The third-order valence-corrected chi connectivity index (χ3v) is 8.51.